The number of carbonyl (C=O) groups is 2. The molecule has 0 heterocycles. The molecule has 0 aromatic heterocycles. The van der Waals surface area contributed by atoms with Gasteiger partial charge in [0.15, 0.2) is 11.5 Å². The third-order valence-corrected chi connectivity index (χ3v) is 4.36. The van der Waals surface area contributed by atoms with E-state index in [4.69, 9.17) is 9.47 Å². The zero-order valence-corrected chi connectivity index (χ0v) is 19.0. The van der Waals surface area contributed by atoms with E-state index >= 15 is 0 Å². The lowest BCUT2D eigenvalue weighted by Crippen LogP contribution is -2.48. The van der Waals surface area contributed by atoms with Crippen LogP contribution in [0.5, 0.6) is 11.5 Å². The van der Waals surface area contributed by atoms with Crippen LogP contribution in [0.2, 0.25) is 0 Å². The van der Waals surface area contributed by atoms with Crippen molar-refractivity contribution >= 4 is 18.0 Å². The molecule has 0 bridgehead atoms. The van der Waals surface area contributed by atoms with Gasteiger partial charge in [-0.1, -0.05) is 13.8 Å². The van der Waals surface area contributed by atoms with Gasteiger partial charge in [0.2, 0.25) is 0 Å². The van der Waals surface area contributed by atoms with Crippen LogP contribution in [-0.2, 0) is 4.79 Å². The van der Waals surface area contributed by atoms with Gasteiger partial charge in [0, 0.05) is 5.56 Å². The Balaban J connectivity index is 2.05. The van der Waals surface area contributed by atoms with Crippen LogP contribution in [0.4, 0.5) is 4.39 Å². The van der Waals surface area contributed by atoms with Gasteiger partial charge in [-0.15, -0.1) is 0 Å². The highest BCUT2D eigenvalue weighted by Gasteiger charge is 2.24. The van der Waals surface area contributed by atoms with Gasteiger partial charge >= 0.3 is 0 Å². The van der Waals surface area contributed by atoms with Gasteiger partial charge in [-0.2, -0.15) is 5.10 Å². The number of nitrogens with one attached hydrogen (secondary N) is 2. The van der Waals surface area contributed by atoms with Crippen molar-refractivity contribution in [3.63, 3.8) is 0 Å². The topological polar surface area (TPSA) is 89.0 Å². The maximum Gasteiger partial charge on any atom is 0.262 e. The second kappa shape index (κ2) is 11.8. The molecule has 2 rings (SSSR count). The number of hydrogen-bond acceptors (Lipinski definition) is 5. The van der Waals surface area contributed by atoms with Gasteiger partial charge in [0.05, 0.1) is 18.9 Å². The number of rotatable bonds is 10. The van der Waals surface area contributed by atoms with Crippen molar-refractivity contribution in [1.82, 2.24) is 10.7 Å². The monoisotopic (exact) mass is 443 g/mol. The highest BCUT2D eigenvalue weighted by atomic mass is 19.1. The van der Waals surface area contributed by atoms with Gasteiger partial charge in [0.1, 0.15) is 11.9 Å². The number of halogens is 1. The van der Waals surface area contributed by atoms with E-state index in [0.717, 1.165) is 0 Å². The molecular formula is C24H30FN3O4. The minimum absolute atomic E-state index is 0.00565. The molecule has 0 fully saturated rings. The number of ether oxygens (including phenoxy) is 2. The predicted molar refractivity (Wildman–Crippen MR) is 122 cm³/mol. The van der Waals surface area contributed by atoms with Crippen LogP contribution in [0, 0.1) is 11.7 Å². The summed E-state index contributed by atoms with van der Waals surface area (Å²) in [6.07, 6.45) is 1.49. The number of nitrogens with zero attached hydrogens (tertiary/aromatic N) is 1. The largest absolute Gasteiger partial charge is 0.490 e. The van der Waals surface area contributed by atoms with Gasteiger partial charge in [-0.3, -0.25) is 9.59 Å². The molecule has 32 heavy (non-hydrogen) atoms. The molecular weight excluding hydrogens is 413 g/mol. The average molecular weight is 444 g/mol. The van der Waals surface area contributed by atoms with E-state index in [2.05, 4.69) is 15.8 Å². The molecule has 1 atom stereocenters. The second-order valence-electron chi connectivity index (χ2n) is 7.74. The van der Waals surface area contributed by atoms with E-state index in [-0.39, 0.29) is 17.6 Å². The third-order valence-electron chi connectivity index (χ3n) is 4.36. The van der Waals surface area contributed by atoms with E-state index < -0.39 is 23.7 Å². The van der Waals surface area contributed by atoms with E-state index in [1.807, 2.05) is 20.8 Å². The molecule has 0 spiro atoms. The first-order valence-electron chi connectivity index (χ1n) is 10.5. The Morgan fingerprint density at radius 1 is 1.06 bits per heavy atom. The van der Waals surface area contributed by atoms with Crippen molar-refractivity contribution in [2.75, 3.05) is 6.61 Å². The smallest absolute Gasteiger partial charge is 0.262 e. The molecule has 2 aromatic carbocycles. The average Bonchev–Trinajstić information content (AvgIpc) is 2.73. The summed E-state index contributed by atoms with van der Waals surface area (Å²) < 4.78 is 24.4. The highest BCUT2D eigenvalue weighted by molar-refractivity contribution is 5.97. The summed E-state index contributed by atoms with van der Waals surface area (Å²) in [5, 5.41) is 6.67. The van der Waals surface area contributed by atoms with E-state index in [9.17, 15) is 14.0 Å². The van der Waals surface area contributed by atoms with Crippen molar-refractivity contribution in [3.8, 4) is 11.5 Å². The van der Waals surface area contributed by atoms with Crippen molar-refractivity contribution < 1.29 is 23.5 Å². The Kier molecular flexibility index (Phi) is 9.19. The van der Waals surface area contributed by atoms with E-state index in [0.29, 0.717) is 23.7 Å². The number of hydrazone groups is 1. The maximum atomic E-state index is 13.1. The van der Waals surface area contributed by atoms with Crippen LogP contribution in [-0.4, -0.2) is 36.8 Å². The molecule has 7 nitrogen and oxygen atoms in total. The lowest BCUT2D eigenvalue weighted by molar-refractivity contribution is -0.123. The first-order valence-corrected chi connectivity index (χ1v) is 10.5. The molecule has 0 radical (unpaired) electrons. The molecule has 0 aliphatic carbocycles. The first-order chi connectivity index (χ1) is 15.2. The molecule has 8 heteroatoms. The lowest BCUT2D eigenvalue weighted by Gasteiger charge is -2.20. The Morgan fingerprint density at radius 3 is 2.34 bits per heavy atom. The van der Waals surface area contributed by atoms with Crippen molar-refractivity contribution in [2.24, 2.45) is 11.0 Å². The molecule has 2 aromatic rings. The summed E-state index contributed by atoms with van der Waals surface area (Å²) in [6, 6.07) is 9.65. The highest BCUT2D eigenvalue weighted by Crippen LogP contribution is 2.28. The van der Waals surface area contributed by atoms with Gasteiger partial charge < -0.3 is 14.8 Å². The molecule has 0 saturated heterocycles. The quantitative estimate of drug-likeness (QED) is 0.430. The summed E-state index contributed by atoms with van der Waals surface area (Å²) in [4.78, 5) is 25.0. The van der Waals surface area contributed by atoms with Gasteiger partial charge in [0.25, 0.3) is 11.8 Å². The van der Waals surface area contributed by atoms with Crippen molar-refractivity contribution in [3.05, 3.63) is 59.4 Å². The van der Waals surface area contributed by atoms with Crippen LogP contribution in [0.25, 0.3) is 0 Å². The van der Waals surface area contributed by atoms with Crippen LogP contribution >= 0.6 is 0 Å². The van der Waals surface area contributed by atoms with Crippen molar-refractivity contribution in [2.45, 2.75) is 46.8 Å². The normalized spacial score (nSPS) is 12.1. The lowest BCUT2D eigenvalue weighted by atomic mass is 10.0. The standard InChI is InChI=1S/C24H30FN3O4/c1-6-31-21-13-17(7-12-20(21)32-16(4)5)14-26-28-24(30)22(15(2)3)27-23(29)18-8-10-19(25)11-9-18/h7-16,22H,6H2,1-5H3,(H,27,29)(H,28,30)/b26-14+. The molecule has 2 amide bonds. The first kappa shape index (κ1) is 24.8. The van der Waals surface area contributed by atoms with Gasteiger partial charge in [-0.05, 0) is 74.7 Å². The zero-order chi connectivity index (χ0) is 23.7. The number of hydrogen-bond donors (Lipinski definition) is 2. The molecule has 1 unspecified atom stereocenters. The molecule has 172 valence electrons. The van der Waals surface area contributed by atoms with E-state index in [1.54, 1.807) is 32.0 Å². The van der Waals surface area contributed by atoms with Gasteiger partial charge in [-0.25, -0.2) is 9.82 Å². The summed E-state index contributed by atoms with van der Waals surface area (Å²) in [5.41, 5.74) is 3.43. The number of carbonyl (C=O) groups excluding carboxylic acids is 2. The molecule has 2 N–H and O–H groups in total. The fourth-order valence-corrected chi connectivity index (χ4v) is 2.83. The summed E-state index contributed by atoms with van der Waals surface area (Å²) in [7, 11) is 0. The number of benzene rings is 2. The Bertz CT molecular complexity index is 943. The van der Waals surface area contributed by atoms with Crippen LogP contribution < -0.4 is 20.2 Å². The van der Waals surface area contributed by atoms with Crippen LogP contribution in [0.3, 0.4) is 0 Å². The SMILES string of the molecule is CCOc1cc(/C=N/NC(=O)C(NC(=O)c2ccc(F)cc2)C(C)C)ccc1OC(C)C. The Hall–Kier alpha value is -3.42. The maximum absolute atomic E-state index is 13.1. The minimum Gasteiger partial charge on any atom is -0.490 e. The number of amides is 2. The summed E-state index contributed by atoms with van der Waals surface area (Å²) in [5.74, 6) is -0.340. The summed E-state index contributed by atoms with van der Waals surface area (Å²) >= 11 is 0. The second-order valence-corrected chi connectivity index (χ2v) is 7.74. The minimum atomic E-state index is -0.814. The molecule has 0 aliphatic rings. The van der Waals surface area contributed by atoms with E-state index in [1.165, 1.54) is 30.5 Å². The fraction of sp³-hybridized carbons (Fsp3) is 0.375. The Morgan fingerprint density at radius 2 is 1.75 bits per heavy atom. The van der Waals surface area contributed by atoms with Crippen LogP contribution in [0.15, 0.2) is 47.6 Å². The Labute approximate surface area is 188 Å². The molecule has 0 aliphatic heterocycles. The predicted octanol–water partition coefficient (Wildman–Crippen LogP) is 3.92. The fourth-order valence-electron chi connectivity index (χ4n) is 2.83. The van der Waals surface area contributed by atoms with Crippen molar-refractivity contribution in [1.29, 1.82) is 0 Å². The summed E-state index contributed by atoms with van der Waals surface area (Å²) in [6.45, 7) is 9.84. The third kappa shape index (κ3) is 7.37. The molecule has 0 saturated carbocycles. The zero-order valence-electron chi connectivity index (χ0n) is 19.0. The van der Waals surface area contributed by atoms with Crippen LogP contribution in [0.1, 0.15) is 50.5 Å².